The van der Waals surface area contributed by atoms with E-state index in [-0.39, 0.29) is 17.9 Å². The Bertz CT molecular complexity index is 770. The third-order valence-electron chi connectivity index (χ3n) is 4.02. The lowest BCUT2D eigenvalue weighted by Gasteiger charge is -2.19. The maximum Gasteiger partial charge on any atom is 0.262 e. The number of hydrogen-bond donors (Lipinski definition) is 1. The molecular formula is C21H27NO5. The van der Waals surface area contributed by atoms with Crippen LogP contribution in [0.4, 0.5) is 5.69 Å². The zero-order valence-corrected chi connectivity index (χ0v) is 16.7. The van der Waals surface area contributed by atoms with Gasteiger partial charge in [-0.05, 0) is 23.1 Å². The van der Waals surface area contributed by atoms with Gasteiger partial charge in [0.05, 0.1) is 21.3 Å². The van der Waals surface area contributed by atoms with E-state index in [9.17, 15) is 4.79 Å². The zero-order chi connectivity index (χ0) is 20.0. The van der Waals surface area contributed by atoms with E-state index < -0.39 is 0 Å². The first-order valence-electron chi connectivity index (χ1n) is 8.61. The van der Waals surface area contributed by atoms with Gasteiger partial charge in [-0.25, -0.2) is 0 Å². The topological polar surface area (TPSA) is 66.0 Å². The molecule has 0 fully saturated rings. The maximum absolute atomic E-state index is 12.3. The van der Waals surface area contributed by atoms with Crippen molar-refractivity contribution in [2.75, 3.05) is 33.3 Å². The summed E-state index contributed by atoms with van der Waals surface area (Å²) in [4.78, 5) is 12.3. The summed E-state index contributed by atoms with van der Waals surface area (Å²) in [6.45, 7) is 6.28. The van der Waals surface area contributed by atoms with Gasteiger partial charge in [-0.15, -0.1) is 0 Å². The fraction of sp³-hybridized carbons (Fsp3) is 0.381. The van der Waals surface area contributed by atoms with E-state index in [0.717, 1.165) is 5.56 Å². The second-order valence-corrected chi connectivity index (χ2v) is 7.03. The first kappa shape index (κ1) is 20.4. The van der Waals surface area contributed by atoms with Crippen LogP contribution < -0.4 is 24.3 Å². The molecule has 0 heterocycles. The van der Waals surface area contributed by atoms with Crippen molar-refractivity contribution in [3.63, 3.8) is 0 Å². The number of benzene rings is 2. The quantitative estimate of drug-likeness (QED) is 0.794. The van der Waals surface area contributed by atoms with Gasteiger partial charge in [0, 0.05) is 17.8 Å². The predicted octanol–water partition coefficient (Wildman–Crippen LogP) is 4.03. The SMILES string of the molecule is COc1cc(NC(=O)COc2cccc(C(C)(C)C)c2)cc(OC)c1OC. The Labute approximate surface area is 160 Å². The average molecular weight is 373 g/mol. The highest BCUT2D eigenvalue weighted by atomic mass is 16.5. The van der Waals surface area contributed by atoms with Crippen LogP contribution in [0.3, 0.4) is 0 Å². The molecule has 0 atom stereocenters. The Morgan fingerprint density at radius 1 is 0.963 bits per heavy atom. The zero-order valence-electron chi connectivity index (χ0n) is 16.7. The summed E-state index contributed by atoms with van der Waals surface area (Å²) < 4.78 is 21.5. The summed E-state index contributed by atoms with van der Waals surface area (Å²) in [5, 5.41) is 2.78. The lowest BCUT2D eigenvalue weighted by atomic mass is 9.87. The van der Waals surface area contributed by atoms with E-state index in [2.05, 4.69) is 26.1 Å². The summed E-state index contributed by atoms with van der Waals surface area (Å²) in [6.07, 6.45) is 0. The van der Waals surface area contributed by atoms with E-state index in [4.69, 9.17) is 18.9 Å². The van der Waals surface area contributed by atoms with Crippen LogP contribution >= 0.6 is 0 Å². The van der Waals surface area contributed by atoms with Gasteiger partial charge in [-0.1, -0.05) is 32.9 Å². The van der Waals surface area contributed by atoms with Crippen molar-refractivity contribution in [3.8, 4) is 23.0 Å². The first-order valence-corrected chi connectivity index (χ1v) is 8.61. The molecule has 2 rings (SSSR count). The third kappa shape index (κ3) is 5.29. The monoisotopic (exact) mass is 373 g/mol. The van der Waals surface area contributed by atoms with Gasteiger partial charge in [0.1, 0.15) is 5.75 Å². The smallest absolute Gasteiger partial charge is 0.262 e. The molecule has 0 aliphatic rings. The largest absolute Gasteiger partial charge is 0.493 e. The number of carbonyl (C=O) groups is 1. The summed E-state index contributed by atoms with van der Waals surface area (Å²) in [5.74, 6) is 1.76. The molecule has 2 aromatic carbocycles. The van der Waals surface area contributed by atoms with Crippen LogP contribution in [-0.2, 0) is 10.2 Å². The van der Waals surface area contributed by atoms with Crippen molar-refractivity contribution in [1.82, 2.24) is 0 Å². The molecule has 27 heavy (non-hydrogen) atoms. The maximum atomic E-state index is 12.3. The molecule has 0 aliphatic heterocycles. The first-order chi connectivity index (χ1) is 12.8. The Morgan fingerprint density at radius 2 is 1.59 bits per heavy atom. The third-order valence-corrected chi connectivity index (χ3v) is 4.02. The lowest BCUT2D eigenvalue weighted by Crippen LogP contribution is -2.20. The number of amides is 1. The van der Waals surface area contributed by atoms with E-state index in [1.165, 1.54) is 21.3 Å². The number of anilines is 1. The van der Waals surface area contributed by atoms with Crippen molar-refractivity contribution < 1.29 is 23.7 Å². The standard InChI is InChI=1S/C21H27NO5/c1-21(2,3)14-8-7-9-16(10-14)27-13-19(23)22-15-11-17(24-4)20(26-6)18(12-15)25-5/h7-12H,13H2,1-6H3,(H,22,23). The summed E-state index contributed by atoms with van der Waals surface area (Å²) in [6, 6.07) is 11.1. The molecule has 0 bridgehead atoms. The molecular weight excluding hydrogens is 346 g/mol. The highest BCUT2D eigenvalue weighted by Gasteiger charge is 2.16. The van der Waals surface area contributed by atoms with Gasteiger partial charge in [0.15, 0.2) is 18.1 Å². The minimum atomic E-state index is -0.287. The molecule has 1 amide bonds. The molecule has 0 spiro atoms. The molecule has 0 aromatic heterocycles. The van der Waals surface area contributed by atoms with Crippen LogP contribution in [0.15, 0.2) is 36.4 Å². The Balaban J connectivity index is 2.06. The van der Waals surface area contributed by atoms with Crippen molar-refractivity contribution in [3.05, 3.63) is 42.0 Å². The van der Waals surface area contributed by atoms with Crippen LogP contribution in [0.25, 0.3) is 0 Å². The van der Waals surface area contributed by atoms with Crippen molar-refractivity contribution >= 4 is 11.6 Å². The van der Waals surface area contributed by atoms with Gasteiger partial charge in [0.25, 0.3) is 5.91 Å². The number of nitrogens with one attached hydrogen (secondary N) is 1. The fourth-order valence-electron chi connectivity index (χ4n) is 2.55. The number of carbonyl (C=O) groups excluding carboxylic acids is 1. The van der Waals surface area contributed by atoms with Gasteiger partial charge in [-0.3, -0.25) is 4.79 Å². The van der Waals surface area contributed by atoms with Crippen LogP contribution in [0.2, 0.25) is 0 Å². The number of ether oxygens (including phenoxy) is 4. The predicted molar refractivity (Wildman–Crippen MR) is 105 cm³/mol. The molecule has 0 saturated heterocycles. The second-order valence-electron chi connectivity index (χ2n) is 7.03. The molecule has 0 unspecified atom stereocenters. The summed E-state index contributed by atoms with van der Waals surface area (Å²) >= 11 is 0. The van der Waals surface area contributed by atoms with E-state index >= 15 is 0 Å². The van der Waals surface area contributed by atoms with Gasteiger partial charge >= 0.3 is 0 Å². The van der Waals surface area contributed by atoms with E-state index in [0.29, 0.717) is 28.7 Å². The molecule has 0 radical (unpaired) electrons. The van der Waals surface area contributed by atoms with Crippen molar-refractivity contribution in [2.24, 2.45) is 0 Å². The normalized spacial score (nSPS) is 10.9. The molecule has 6 nitrogen and oxygen atoms in total. The van der Waals surface area contributed by atoms with Crippen LogP contribution in [0.5, 0.6) is 23.0 Å². The van der Waals surface area contributed by atoms with Crippen LogP contribution in [0.1, 0.15) is 26.3 Å². The molecule has 1 N–H and O–H groups in total. The molecule has 0 aliphatic carbocycles. The van der Waals surface area contributed by atoms with Gasteiger partial charge < -0.3 is 24.3 Å². The number of rotatable bonds is 7. The molecule has 0 saturated carbocycles. The number of methoxy groups -OCH3 is 3. The van der Waals surface area contributed by atoms with E-state index in [1.54, 1.807) is 12.1 Å². The van der Waals surface area contributed by atoms with Crippen molar-refractivity contribution in [2.45, 2.75) is 26.2 Å². The average Bonchev–Trinajstić information content (AvgIpc) is 2.65. The van der Waals surface area contributed by atoms with E-state index in [1.807, 2.05) is 24.3 Å². The Kier molecular flexibility index (Phi) is 6.55. The lowest BCUT2D eigenvalue weighted by molar-refractivity contribution is -0.118. The van der Waals surface area contributed by atoms with Crippen molar-refractivity contribution in [1.29, 1.82) is 0 Å². The Morgan fingerprint density at radius 3 is 2.11 bits per heavy atom. The van der Waals surface area contributed by atoms with Gasteiger partial charge in [-0.2, -0.15) is 0 Å². The molecule has 2 aromatic rings. The highest BCUT2D eigenvalue weighted by molar-refractivity contribution is 5.92. The second kappa shape index (κ2) is 8.66. The summed E-state index contributed by atoms with van der Waals surface area (Å²) in [5.41, 5.74) is 1.68. The number of hydrogen-bond acceptors (Lipinski definition) is 5. The molecule has 146 valence electrons. The van der Waals surface area contributed by atoms with Crippen LogP contribution in [0, 0.1) is 0 Å². The minimum absolute atomic E-state index is 0.0117. The summed E-state index contributed by atoms with van der Waals surface area (Å²) in [7, 11) is 4.57. The van der Waals surface area contributed by atoms with Crippen LogP contribution in [-0.4, -0.2) is 33.8 Å². The minimum Gasteiger partial charge on any atom is -0.493 e. The Hall–Kier alpha value is -2.89. The molecule has 6 heteroatoms. The highest BCUT2D eigenvalue weighted by Crippen LogP contribution is 2.39. The fourth-order valence-corrected chi connectivity index (χ4v) is 2.55. The van der Waals surface area contributed by atoms with Gasteiger partial charge in [0.2, 0.25) is 5.75 Å².